The van der Waals surface area contributed by atoms with Gasteiger partial charge in [0.1, 0.15) is 5.75 Å². The van der Waals surface area contributed by atoms with Crippen molar-refractivity contribution in [3.63, 3.8) is 0 Å². The van der Waals surface area contributed by atoms with Crippen LogP contribution in [-0.2, 0) is 11.3 Å². The molecule has 1 saturated carbocycles. The molecule has 6 nitrogen and oxygen atoms in total. The number of carbonyl (C=O) groups excluding carboxylic acids is 1. The fraction of sp³-hybridized carbons (Fsp3) is 0.650. The highest BCUT2D eigenvalue weighted by Crippen LogP contribution is 2.52. The number of carbonyl (C=O) groups is 1. The average Bonchev–Trinajstić information content (AvgIpc) is 3.09. The summed E-state index contributed by atoms with van der Waals surface area (Å²) in [5.74, 6) is 1.40. The van der Waals surface area contributed by atoms with Crippen LogP contribution in [0, 0.1) is 17.8 Å². The number of rotatable bonds is 10. The molecule has 1 aliphatic carbocycles. The zero-order valence-corrected chi connectivity index (χ0v) is 16.4. The van der Waals surface area contributed by atoms with E-state index in [0.717, 1.165) is 13.1 Å². The van der Waals surface area contributed by atoms with Crippen LogP contribution >= 0.6 is 0 Å². The van der Waals surface area contributed by atoms with Gasteiger partial charge < -0.3 is 20.1 Å². The fourth-order valence-electron chi connectivity index (χ4n) is 4.19. The molecular formula is C20H27F3N3O3-. The van der Waals surface area contributed by atoms with Gasteiger partial charge in [0, 0.05) is 26.2 Å². The van der Waals surface area contributed by atoms with E-state index >= 15 is 0 Å². The molecule has 2 atom stereocenters. The normalized spacial score (nSPS) is 23.7. The zero-order chi connectivity index (χ0) is 21.0. The zero-order valence-electron chi connectivity index (χ0n) is 16.4. The number of hydrogen-bond acceptors (Lipinski definition) is 4. The summed E-state index contributed by atoms with van der Waals surface area (Å²) in [6.07, 6.45) is -4.69. The van der Waals surface area contributed by atoms with Gasteiger partial charge in [-0.05, 0) is 30.9 Å². The lowest BCUT2D eigenvalue weighted by Gasteiger charge is -2.26. The van der Waals surface area contributed by atoms with E-state index in [0.29, 0.717) is 56.0 Å². The van der Waals surface area contributed by atoms with Gasteiger partial charge in [0.25, 0.3) is 0 Å². The first-order chi connectivity index (χ1) is 13.8. The smallest absolute Gasteiger partial charge is 0.573 e. The summed E-state index contributed by atoms with van der Waals surface area (Å²) in [6, 6.07) is 5.91. The molecule has 2 fully saturated rings. The topological polar surface area (TPSA) is 67.1 Å². The highest BCUT2D eigenvalue weighted by molar-refractivity contribution is 5.78. The molecule has 29 heavy (non-hydrogen) atoms. The Labute approximate surface area is 168 Å². The summed E-state index contributed by atoms with van der Waals surface area (Å²) in [5.41, 5.74) is 0.688. The maximum absolute atomic E-state index is 12.3. The molecule has 0 radical (unpaired) electrons. The second-order valence-corrected chi connectivity index (χ2v) is 7.64. The molecule has 0 spiro atoms. The number of fused-ring (bicyclic) bond motifs is 1. The predicted octanol–water partition coefficient (Wildman–Crippen LogP) is 2.48. The molecule has 1 aromatic carbocycles. The molecule has 0 bridgehead atoms. The van der Waals surface area contributed by atoms with E-state index in [2.05, 4.69) is 15.0 Å². The maximum atomic E-state index is 12.3. The number of piperidine rings is 1. The quantitative estimate of drug-likeness (QED) is 0.639. The Morgan fingerprint density at radius 2 is 2.07 bits per heavy atom. The van der Waals surface area contributed by atoms with E-state index in [1.807, 2.05) is 6.92 Å². The lowest BCUT2D eigenvalue weighted by Crippen LogP contribution is -2.41. The van der Waals surface area contributed by atoms with Crippen LogP contribution in [0.5, 0.6) is 5.75 Å². The van der Waals surface area contributed by atoms with E-state index in [-0.39, 0.29) is 18.3 Å². The van der Waals surface area contributed by atoms with Crippen molar-refractivity contribution >= 4 is 5.91 Å². The van der Waals surface area contributed by atoms with Gasteiger partial charge in [-0.3, -0.25) is 9.69 Å². The SMILES string of the molecule is CCN(CCO)C(=O)CN1CC2C(C[N-]Cc3cccc(OC(F)(F)F)c3)C2C1. The Bertz CT molecular complexity index is 689. The molecule has 3 rings (SSSR count). The largest absolute Gasteiger partial charge is 0.658 e. The average molecular weight is 414 g/mol. The molecule has 2 unspecified atom stereocenters. The Morgan fingerprint density at radius 3 is 2.69 bits per heavy atom. The van der Waals surface area contributed by atoms with Crippen LogP contribution < -0.4 is 4.74 Å². The molecule has 1 N–H and O–H groups in total. The number of hydrogen-bond donors (Lipinski definition) is 1. The summed E-state index contributed by atoms with van der Waals surface area (Å²) in [7, 11) is 0. The highest BCUT2D eigenvalue weighted by atomic mass is 19.4. The Hall–Kier alpha value is -1.84. The number of likely N-dealkylation sites (N-methyl/N-ethyl adjacent to an activating group) is 1. The Morgan fingerprint density at radius 1 is 1.34 bits per heavy atom. The van der Waals surface area contributed by atoms with Crippen molar-refractivity contribution in [2.45, 2.75) is 19.8 Å². The minimum Gasteiger partial charge on any atom is -0.658 e. The lowest BCUT2D eigenvalue weighted by molar-refractivity contribution is -0.274. The molecule has 9 heteroatoms. The third kappa shape index (κ3) is 6.07. The van der Waals surface area contributed by atoms with Crippen LogP contribution in [0.15, 0.2) is 24.3 Å². The summed E-state index contributed by atoms with van der Waals surface area (Å²) < 4.78 is 40.8. The first kappa shape index (κ1) is 21.9. The van der Waals surface area contributed by atoms with E-state index < -0.39 is 6.36 Å². The van der Waals surface area contributed by atoms with Crippen LogP contribution in [0.3, 0.4) is 0 Å². The monoisotopic (exact) mass is 414 g/mol. The van der Waals surface area contributed by atoms with Crippen molar-refractivity contribution in [1.82, 2.24) is 9.80 Å². The molecule has 1 aromatic rings. The molecule has 1 amide bonds. The third-order valence-corrected chi connectivity index (χ3v) is 5.68. The van der Waals surface area contributed by atoms with E-state index in [9.17, 15) is 18.0 Å². The van der Waals surface area contributed by atoms with Gasteiger partial charge >= 0.3 is 6.36 Å². The second kappa shape index (κ2) is 9.32. The highest BCUT2D eigenvalue weighted by Gasteiger charge is 2.53. The number of aliphatic hydroxyl groups is 1. The van der Waals surface area contributed by atoms with Gasteiger partial charge in [0.15, 0.2) is 0 Å². The van der Waals surface area contributed by atoms with Crippen LogP contribution in [0.2, 0.25) is 0 Å². The van der Waals surface area contributed by atoms with Gasteiger partial charge in [-0.25, -0.2) is 0 Å². The first-order valence-electron chi connectivity index (χ1n) is 9.89. The fourth-order valence-corrected chi connectivity index (χ4v) is 4.19. The standard InChI is InChI=1S/C20H27F3N3O3/c1-2-26(6-7-27)19(28)13-25-11-17-16(18(17)12-25)10-24-9-14-4-3-5-15(8-14)29-20(21,22)23/h3-5,8,16-18,27H,2,6-7,9-13H2,1H3/q-1. The summed E-state index contributed by atoms with van der Waals surface area (Å²) in [6.45, 7) is 6.02. The summed E-state index contributed by atoms with van der Waals surface area (Å²) in [4.78, 5) is 16.1. The van der Waals surface area contributed by atoms with Crippen molar-refractivity contribution in [1.29, 1.82) is 0 Å². The third-order valence-electron chi connectivity index (χ3n) is 5.68. The molecule has 1 saturated heterocycles. The van der Waals surface area contributed by atoms with Crippen molar-refractivity contribution in [2.75, 3.05) is 45.9 Å². The number of amides is 1. The molecule has 0 aromatic heterocycles. The number of halogens is 3. The number of aliphatic hydroxyl groups excluding tert-OH is 1. The molecule has 1 aliphatic heterocycles. The summed E-state index contributed by atoms with van der Waals surface area (Å²) in [5, 5.41) is 13.5. The first-order valence-corrected chi connectivity index (χ1v) is 9.89. The number of alkyl halides is 3. The van der Waals surface area contributed by atoms with E-state index in [4.69, 9.17) is 5.11 Å². The van der Waals surface area contributed by atoms with Crippen molar-refractivity contribution < 1.29 is 27.8 Å². The Kier molecular flexibility index (Phi) is 7.02. The van der Waals surface area contributed by atoms with Gasteiger partial charge in [-0.2, -0.15) is 0 Å². The molecular weight excluding hydrogens is 387 g/mol. The Balaban J connectivity index is 1.36. The van der Waals surface area contributed by atoms with Gasteiger partial charge in [0.05, 0.1) is 13.2 Å². The number of benzene rings is 1. The van der Waals surface area contributed by atoms with Gasteiger partial charge in [0.2, 0.25) is 5.91 Å². The van der Waals surface area contributed by atoms with Crippen LogP contribution in [0.25, 0.3) is 5.32 Å². The van der Waals surface area contributed by atoms with Crippen LogP contribution in [0.4, 0.5) is 13.2 Å². The molecule has 2 aliphatic rings. The molecule has 1 heterocycles. The number of likely N-dealkylation sites (tertiary alicyclic amines) is 1. The molecule has 162 valence electrons. The minimum absolute atomic E-state index is 0.0281. The number of nitrogens with zero attached hydrogens (tertiary/aromatic N) is 3. The van der Waals surface area contributed by atoms with Gasteiger partial charge in [-0.15, -0.1) is 26.3 Å². The van der Waals surface area contributed by atoms with Gasteiger partial charge in [-0.1, -0.05) is 23.6 Å². The van der Waals surface area contributed by atoms with Crippen molar-refractivity contribution in [3.05, 3.63) is 35.1 Å². The van der Waals surface area contributed by atoms with E-state index in [1.54, 1.807) is 11.0 Å². The predicted molar refractivity (Wildman–Crippen MR) is 101 cm³/mol. The van der Waals surface area contributed by atoms with E-state index in [1.165, 1.54) is 18.2 Å². The lowest BCUT2D eigenvalue weighted by atomic mass is 10.2. The van der Waals surface area contributed by atoms with Crippen LogP contribution in [0.1, 0.15) is 12.5 Å². The second-order valence-electron chi connectivity index (χ2n) is 7.64. The van der Waals surface area contributed by atoms with Crippen molar-refractivity contribution in [2.24, 2.45) is 17.8 Å². The van der Waals surface area contributed by atoms with Crippen molar-refractivity contribution in [3.8, 4) is 5.75 Å². The van der Waals surface area contributed by atoms with Crippen LogP contribution in [-0.4, -0.2) is 73.1 Å². The maximum Gasteiger partial charge on any atom is 0.573 e. The minimum atomic E-state index is -4.69. The number of ether oxygens (including phenoxy) is 1. The summed E-state index contributed by atoms with van der Waals surface area (Å²) >= 11 is 0.